The average molecular weight is 359 g/mol. The normalized spacial score (nSPS) is 20.9. The monoisotopic (exact) mass is 358 g/mol. The maximum absolute atomic E-state index is 13.6. The van der Waals surface area contributed by atoms with E-state index >= 15 is 0 Å². The van der Waals surface area contributed by atoms with Crippen molar-refractivity contribution >= 4 is 11.6 Å². The molecule has 1 aliphatic rings. The Morgan fingerprint density at radius 2 is 1.88 bits per heavy atom. The van der Waals surface area contributed by atoms with E-state index in [2.05, 4.69) is 29.0 Å². The standard InChI is InChI=1S/C21H24ClFN2/c1-2-3-4-5-15-6-8-16(9-7-15)18-13-24-21(25-14-18)17-10-11-19(22)20(23)12-17/h4-5,10-16H,2-3,6-9H2,1H3/b5-4+. The molecule has 4 heteroatoms. The Morgan fingerprint density at radius 1 is 1.16 bits per heavy atom. The number of nitrogens with zero attached hydrogens (tertiary/aromatic N) is 2. The van der Waals surface area contributed by atoms with E-state index in [1.807, 2.05) is 12.4 Å². The molecule has 0 amide bonds. The number of unbranched alkanes of at least 4 members (excludes halogenated alkanes) is 1. The smallest absolute Gasteiger partial charge is 0.159 e. The minimum Gasteiger partial charge on any atom is -0.236 e. The Kier molecular flexibility index (Phi) is 6.19. The maximum atomic E-state index is 13.6. The first kappa shape index (κ1) is 18.1. The molecule has 1 aromatic carbocycles. The van der Waals surface area contributed by atoms with Gasteiger partial charge in [0.2, 0.25) is 0 Å². The minimum absolute atomic E-state index is 0.116. The van der Waals surface area contributed by atoms with E-state index in [0.29, 0.717) is 17.3 Å². The summed E-state index contributed by atoms with van der Waals surface area (Å²) in [6, 6.07) is 4.66. The van der Waals surface area contributed by atoms with Crippen molar-refractivity contribution in [3.63, 3.8) is 0 Å². The second kappa shape index (κ2) is 8.57. The highest BCUT2D eigenvalue weighted by atomic mass is 35.5. The number of hydrogen-bond acceptors (Lipinski definition) is 2. The molecule has 0 N–H and O–H groups in total. The molecule has 3 rings (SSSR count). The largest absolute Gasteiger partial charge is 0.236 e. The number of hydrogen-bond donors (Lipinski definition) is 0. The molecular weight excluding hydrogens is 335 g/mol. The Labute approximate surface area is 154 Å². The Balaban J connectivity index is 1.62. The lowest BCUT2D eigenvalue weighted by Crippen LogP contribution is -2.12. The number of benzene rings is 1. The molecule has 0 aliphatic heterocycles. The van der Waals surface area contributed by atoms with E-state index in [4.69, 9.17) is 11.6 Å². The third-order valence-corrected chi connectivity index (χ3v) is 5.26. The summed E-state index contributed by atoms with van der Waals surface area (Å²) in [7, 11) is 0. The lowest BCUT2D eigenvalue weighted by atomic mass is 9.79. The van der Waals surface area contributed by atoms with E-state index in [1.54, 1.807) is 6.07 Å². The van der Waals surface area contributed by atoms with Gasteiger partial charge in [-0.1, -0.05) is 37.1 Å². The summed E-state index contributed by atoms with van der Waals surface area (Å²) in [5, 5.41) is 0.116. The summed E-state index contributed by atoms with van der Waals surface area (Å²) in [6.45, 7) is 2.21. The summed E-state index contributed by atoms with van der Waals surface area (Å²) in [5.41, 5.74) is 1.84. The maximum Gasteiger partial charge on any atom is 0.159 e. The van der Waals surface area contributed by atoms with Crippen molar-refractivity contribution in [2.45, 2.75) is 51.4 Å². The first-order chi connectivity index (χ1) is 12.2. The van der Waals surface area contributed by atoms with Crippen LogP contribution in [0.2, 0.25) is 5.02 Å². The molecule has 0 unspecified atom stereocenters. The summed E-state index contributed by atoms with van der Waals surface area (Å²) >= 11 is 5.73. The minimum atomic E-state index is -0.443. The Hall–Kier alpha value is -1.74. The first-order valence-electron chi connectivity index (χ1n) is 9.11. The van der Waals surface area contributed by atoms with Gasteiger partial charge in [-0.2, -0.15) is 0 Å². The van der Waals surface area contributed by atoms with Crippen molar-refractivity contribution < 1.29 is 4.39 Å². The predicted octanol–water partition coefficient (Wildman–Crippen LogP) is 6.57. The second-order valence-electron chi connectivity index (χ2n) is 6.80. The molecule has 25 heavy (non-hydrogen) atoms. The third kappa shape index (κ3) is 4.66. The summed E-state index contributed by atoms with van der Waals surface area (Å²) in [5.74, 6) is 1.35. The van der Waals surface area contributed by atoms with Gasteiger partial charge in [0, 0.05) is 18.0 Å². The molecule has 1 aromatic heterocycles. The summed E-state index contributed by atoms with van der Waals surface area (Å²) in [4.78, 5) is 8.88. The van der Waals surface area contributed by atoms with Crippen LogP contribution in [0.4, 0.5) is 4.39 Å². The zero-order chi connectivity index (χ0) is 17.6. The highest BCUT2D eigenvalue weighted by molar-refractivity contribution is 6.30. The molecule has 1 heterocycles. The predicted molar refractivity (Wildman–Crippen MR) is 101 cm³/mol. The molecule has 2 nitrogen and oxygen atoms in total. The molecule has 0 radical (unpaired) electrons. The number of allylic oxidation sites excluding steroid dienone is 2. The van der Waals surface area contributed by atoms with Crippen LogP contribution < -0.4 is 0 Å². The van der Waals surface area contributed by atoms with Gasteiger partial charge in [0.05, 0.1) is 5.02 Å². The van der Waals surface area contributed by atoms with Crippen molar-refractivity contribution in [3.05, 3.63) is 59.1 Å². The molecule has 0 saturated heterocycles. The van der Waals surface area contributed by atoms with Crippen LogP contribution >= 0.6 is 11.6 Å². The number of halogens is 2. The zero-order valence-electron chi connectivity index (χ0n) is 14.6. The molecule has 1 aliphatic carbocycles. The molecule has 0 bridgehead atoms. The Bertz CT molecular complexity index is 719. The molecular formula is C21H24ClFN2. The van der Waals surface area contributed by atoms with Crippen molar-refractivity contribution in [3.8, 4) is 11.4 Å². The molecule has 0 spiro atoms. The van der Waals surface area contributed by atoms with E-state index < -0.39 is 5.82 Å². The fraction of sp³-hybridized carbons (Fsp3) is 0.429. The van der Waals surface area contributed by atoms with Crippen LogP contribution in [0.1, 0.15) is 56.9 Å². The lowest BCUT2D eigenvalue weighted by molar-refractivity contribution is 0.374. The quantitative estimate of drug-likeness (QED) is 0.565. The molecule has 1 saturated carbocycles. The fourth-order valence-electron chi connectivity index (χ4n) is 3.43. The van der Waals surface area contributed by atoms with Gasteiger partial charge in [-0.25, -0.2) is 14.4 Å². The van der Waals surface area contributed by atoms with Gasteiger partial charge in [-0.05, 0) is 67.7 Å². The van der Waals surface area contributed by atoms with Gasteiger partial charge in [0.25, 0.3) is 0 Å². The van der Waals surface area contributed by atoms with Gasteiger partial charge in [-0.3, -0.25) is 0 Å². The van der Waals surface area contributed by atoms with Crippen molar-refractivity contribution in [2.24, 2.45) is 5.92 Å². The van der Waals surface area contributed by atoms with Crippen molar-refractivity contribution in [1.82, 2.24) is 9.97 Å². The van der Waals surface area contributed by atoms with Crippen LogP contribution in [-0.4, -0.2) is 9.97 Å². The lowest BCUT2D eigenvalue weighted by Gasteiger charge is -2.26. The van der Waals surface area contributed by atoms with Crippen molar-refractivity contribution in [2.75, 3.05) is 0 Å². The van der Waals surface area contributed by atoms with E-state index in [9.17, 15) is 4.39 Å². The molecule has 2 aromatic rings. The van der Waals surface area contributed by atoms with Crippen molar-refractivity contribution in [1.29, 1.82) is 0 Å². The van der Waals surface area contributed by atoms with E-state index in [-0.39, 0.29) is 5.02 Å². The number of rotatable bonds is 5. The molecule has 1 fully saturated rings. The third-order valence-electron chi connectivity index (χ3n) is 4.96. The SMILES string of the molecule is CCC/C=C/C1CCC(c2cnc(-c3ccc(Cl)c(F)c3)nc2)CC1. The highest BCUT2D eigenvalue weighted by Crippen LogP contribution is 2.36. The molecule has 132 valence electrons. The summed E-state index contributed by atoms with van der Waals surface area (Å²) < 4.78 is 13.6. The van der Waals surface area contributed by atoms with Gasteiger partial charge in [-0.15, -0.1) is 0 Å². The average Bonchev–Trinajstić information content (AvgIpc) is 2.65. The van der Waals surface area contributed by atoms with Crippen LogP contribution in [0.15, 0.2) is 42.7 Å². The number of aromatic nitrogens is 2. The van der Waals surface area contributed by atoms with Crippen LogP contribution in [0, 0.1) is 11.7 Å². The van der Waals surface area contributed by atoms with Gasteiger partial charge >= 0.3 is 0 Å². The van der Waals surface area contributed by atoms with E-state index in [0.717, 1.165) is 5.92 Å². The van der Waals surface area contributed by atoms with Gasteiger partial charge in [0.15, 0.2) is 5.82 Å². The highest BCUT2D eigenvalue weighted by Gasteiger charge is 2.21. The van der Waals surface area contributed by atoms with Crippen LogP contribution in [0.3, 0.4) is 0 Å². The summed E-state index contributed by atoms with van der Waals surface area (Å²) in [6.07, 6.45) is 15.7. The fourth-order valence-corrected chi connectivity index (χ4v) is 3.55. The van der Waals surface area contributed by atoms with Crippen LogP contribution in [0.25, 0.3) is 11.4 Å². The zero-order valence-corrected chi connectivity index (χ0v) is 15.3. The van der Waals surface area contributed by atoms with Gasteiger partial charge in [0.1, 0.15) is 5.82 Å². The Morgan fingerprint density at radius 3 is 2.52 bits per heavy atom. The van der Waals surface area contributed by atoms with Crippen LogP contribution in [-0.2, 0) is 0 Å². The van der Waals surface area contributed by atoms with E-state index in [1.165, 1.54) is 56.2 Å². The van der Waals surface area contributed by atoms with Crippen LogP contribution in [0.5, 0.6) is 0 Å². The molecule has 0 atom stereocenters. The first-order valence-corrected chi connectivity index (χ1v) is 9.49. The topological polar surface area (TPSA) is 25.8 Å². The van der Waals surface area contributed by atoms with Gasteiger partial charge < -0.3 is 0 Å². The second-order valence-corrected chi connectivity index (χ2v) is 7.20.